The molecule has 1 aromatic heterocycles. The number of pyridine rings is 1. The van der Waals surface area contributed by atoms with Crippen LogP contribution in [0.3, 0.4) is 0 Å². The third kappa shape index (κ3) is 3.75. The van der Waals surface area contributed by atoms with E-state index in [-0.39, 0.29) is 32.5 Å². The van der Waals surface area contributed by atoms with Crippen LogP contribution in [0.1, 0.15) is 37.7 Å². The quantitative estimate of drug-likeness (QED) is 0.468. The number of aromatic carboxylic acids is 1. The smallest absolute Gasteiger partial charge is 0.356 e. The molecule has 0 saturated heterocycles. The third-order valence-corrected chi connectivity index (χ3v) is 3.69. The van der Waals surface area contributed by atoms with Gasteiger partial charge >= 0.3 is 5.97 Å². The SMILES string of the molecule is CC/C(=N/Nc1c(Cl)c(Cl)nc(C(=O)O)c1Cl)C(C)C. The lowest BCUT2D eigenvalue weighted by atomic mass is 10.1. The molecule has 0 aliphatic heterocycles. The van der Waals surface area contributed by atoms with Crippen LogP contribution in [0.2, 0.25) is 15.2 Å². The molecule has 1 rings (SSSR count). The molecule has 0 radical (unpaired) electrons. The van der Waals surface area contributed by atoms with Crippen LogP contribution in [-0.2, 0) is 0 Å². The molecule has 0 aliphatic carbocycles. The fraction of sp³-hybridized carbons (Fsp3) is 0.417. The largest absolute Gasteiger partial charge is 0.476 e. The van der Waals surface area contributed by atoms with Gasteiger partial charge in [0.15, 0.2) is 10.8 Å². The van der Waals surface area contributed by atoms with Gasteiger partial charge in [-0.3, -0.25) is 5.43 Å². The summed E-state index contributed by atoms with van der Waals surface area (Å²) in [6.45, 7) is 5.96. The first-order valence-electron chi connectivity index (χ1n) is 5.89. The Morgan fingerprint density at radius 1 is 1.35 bits per heavy atom. The fourth-order valence-corrected chi connectivity index (χ4v) is 2.16. The third-order valence-electron chi connectivity index (χ3n) is 2.58. The molecule has 0 bridgehead atoms. The predicted octanol–water partition coefficient (Wildman–Crippen LogP) is 4.57. The van der Waals surface area contributed by atoms with E-state index >= 15 is 0 Å². The molecule has 20 heavy (non-hydrogen) atoms. The minimum Gasteiger partial charge on any atom is -0.476 e. The number of carboxylic acids is 1. The average Bonchev–Trinajstić information content (AvgIpc) is 2.37. The van der Waals surface area contributed by atoms with Gasteiger partial charge in [0, 0.05) is 5.71 Å². The summed E-state index contributed by atoms with van der Waals surface area (Å²) in [5.41, 5.74) is 3.34. The van der Waals surface area contributed by atoms with Crippen LogP contribution in [0.4, 0.5) is 5.69 Å². The van der Waals surface area contributed by atoms with Gasteiger partial charge in [-0.15, -0.1) is 0 Å². The molecule has 0 aliphatic rings. The summed E-state index contributed by atoms with van der Waals surface area (Å²) < 4.78 is 0. The first kappa shape index (κ1) is 17.0. The van der Waals surface area contributed by atoms with Crippen molar-refractivity contribution in [1.29, 1.82) is 0 Å². The number of hydrogen-bond acceptors (Lipinski definition) is 4. The van der Waals surface area contributed by atoms with Gasteiger partial charge in [0.05, 0.1) is 5.69 Å². The van der Waals surface area contributed by atoms with Gasteiger partial charge in [0.2, 0.25) is 0 Å². The van der Waals surface area contributed by atoms with E-state index < -0.39 is 5.97 Å². The number of nitrogens with one attached hydrogen (secondary N) is 1. The molecule has 0 spiro atoms. The monoisotopic (exact) mass is 337 g/mol. The Balaban J connectivity index is 3.28. The second-order valence-electron chi connectivity index (χ2n) is 4.28. The molecule has 1 heterocycles. The standard InChI is InChI=1S/C12H14Cl3N3O2/c1-4-6(5(2)3)17-18-9-7(13)10(12(19)20)16-11(15)8(9)14/h5H,4H2,1-3H3,(H,16,18)(H,19,20)/b17-6-. The van der Waals surface area contributed by atoms with Gasteiger partial charge in [-0.05, 0) is 12.3 Å². The van der Waals surface area contributed by atoms with E-state index in [1.165, 1.54) is 0 Å². The second-order valence-corrected chi connectivity index (χ2v) is 5.40. The molecule has 1 aromatic rings. The van der Waals surface area contributed by atoms with Crippen molar-refractivity contribution in [3.8, 4) is 0 Å². The van der Waals surface area contributed by atoms with E-state index in [0.29, 0.717) is 0 Å². The fourth-order valence-electron chi connectivity index (χ4n) is 1.50. The van der Waals surface area contributed by atoms with Crippen LogP contribution >= 0.6 is 34.8 Å². The number of carboxylic acid groups (broad SMARTS) is 1. The zero-order valence-corrected chi connectivity index (χ0v) is 13.4. The van der Waals surface area contributed by atoms with Crippen molar-refractivity contribution >= 4 is 52.2 Å². The van der Waals surface area contributed by atoms with Crippen molar-refractivity contribution < 1.29 is 9.90 Å². The van der Waals surface area contributed by atoms with Gasteiger partial charge < -0.3 is 5.11 Å². The Morgan fingerprint density at radius 3 is 2.40 bits per heavy atom. The van der Waals surface area contributed by atoms with E-state index in [9.17, 15) is 4.79 Å². The molecule has 8 heteroatoms. The Bertz CT molecular complexity index is 559. The van der Waals surface area contributed by atoms with Crippen LogP contribution in [0.5, 0.6) is 0 Å². The average molecular weight is 339 g/mol. The topological polar surface area (TPSA) is 74.6 Å². The maximum Gasteiger partial charge on any atom is 0.356 e. The molecule has 0 aromatic carbocycles. The molecule has 0 fully saturated rings. The number of carbonyl (C=O) groups is 1. The summed E-state index contributed by atoms with van der Waals surface area (Å²) in [5.74, 6) is -1.05. The molecule has 110 valence electrons. The van der Waals surface area contributed by atoms with Gasteiger partial charge in [0.1, 0.15) is 10.0 Å². The Morgan fingerprint density at radius 2 is 1.95 bits per heavy atom. The zero-order valence-electron chi connectivity index (χ0n) is 11.2. The molecular weight excluding hydrogens is 325 g/mol. The normalized spacial score (nSPS) is 11.8. The molecule has 2 N–H and O–H groups in total. The van der Waals surface area contributed by atoms with Crippen molar-refractivity contribution in [3.05, 3.63) is 20.9 Å². The molecule has 0 atom stereocenters. The summed E-state index contributed by atoms with van der Waals surface area (Å²) >= 11 is 17.7. The highest BCUT2D eigenvalue weighted by Crippen LogP contribution is 2.36. The van der Waals surface area contributed by atoms with Crippen LogP contribution in [0.25, 0.3) is 0 Å². The van der Waals surface area contributed by atoms with Gasteiger partial charge in [-0.2, -0.15) is 5.10 Å². The van der Waals surface area contributed by atoms with E-state index in [4.69, 9.17) is 39.9 Å². The van der Waals surface area contributed by atoms with E-state index in [2.05, 4.69) is 15.5 Å². The van der Waals surface area contributed by atoms with Crippen molar-refractivity contribution in [1.82, 2.24) is 4.98 Å². The lowest BCUT2D eigenvalue weighted by Crippen LogP contribution is -2.10. The molecule has 5 nitrogen and oxygen atoms in total. The highest BCUT2D eigenvalue weighted by Gasteiger charge is 2.20. The van der Waals surface area contributed by atoms with Crippen LogP contribution in [0.15, 0.2) is 5.10 Å². The number of halogens is 3. The summed E-state index contributed by atoms with van der Waals surface area (Å²) in [5, 5.41) is 13.0. The van der Waals surface area contributed by atoms with E-state index in [0.717, 1.165) is 12.1 Å². The predicted molar refractivity (Wildman–Crippen MR) is 82.4 cm³/mol. The van der Waals surface area contributed by atoms with Crippen molar-refractivity contribution in [2.24, 2.45) is 11.0 Å². The van der Waals surface area contributed by atoms with Crippen molar-refractivity contribution in [2.45, 2.75) is 27.2 Å². The Labute approximate surface area is 131 Å². The van der Waals surface area contributed by atoms with Crippen LogP contribution in [0, 0.1) is 5.92 Å². The number of anilines is 1. The summed E-state index contributed by atoms with van der Waals surface area (Å²) in [6.07, 6.45) is 0.741. The lowest BCUT2D eigenvalue weighted by Gasteiger charge is -2.12. The minimum atomic E-state index is -1.29. The maximum absolute atomic E-state index is 11.0. The van der Waals surface area contributed by atoms with Gasteiger partial charge in [-0.1, -0.05) is 55.6 Å². The molecule has 0 saturated carbocycles. The van der Waals surface area contributed by atoms with Gasteiger partial charge in [0.25, 0.3) is 0 Å². The maximum atomic E-state index is 11.0. The van der Waals surface area contributed by atoms with Gasteiger partial charge in [-0.25, -0.2) is 9.78 Å². The summed E-state index contributed by atoms with van der Waals surface area (Å²) in [4.78, 5) is 14.7. The zero-order chi connectivity index (χ0) is 15.4. The first-order chi connectivity index (χ1) is 9.29. The number of hydrazone groups is 1. The van der Waals surface area contributed by atoms with Crippen molar-refractivity contribution in [2.75, 3.05) is 5.43 Å². The molecular formula is C12H14Cl3N3O2. The number of rotatable bonds is 5. The van der Waals surface area contributed by atoms with Crippen molar-refractivity contribution in [3.63, 3.8) is 0 Å². The van der Waals surface area contributed by atoms with E-state index in [1.807, 2.05) is 20.8 Å². The molecule has 0 amide bonds. The number of nitrogens with zero attached hydrogens (tertiary/aromatic N) is 2. The highest BCUT2D eigenvalue weighted by molar-refractivity contribution is 6.46. The molecule has 0 unspecified atom stereocenters. The van der Waals surface area contributed by atoms with E-state index in [1.54, 1.807) is 0 Å². The first-order valence-corrected chi connectivity index (χ1v) is 7.03. The number of hydrogen-bond donors (Lipinski definition) is 2. The summed E-state index contributed by atoms with van der Waals surface area (Å²) in [7, 11) is 0. The minimum absolute atomic E-state index is 0.0321. The second kappa shape index (κ2) is 7.11. The van der Waals surface area contributed by atoms with Crippen LogP contribution < -0.4 is 5.43 Å². The lowest BCUT2D eigenvalue weighted by molar-refractivity contribution is 0.0691. The summed E-state index contributed by atoms with van der Waals surface area (Å²) in [6, 6.07) is 0. The highest BCUT2D eigenvalue weighted by atomic mass is 35.5. The Hall–Kier alpha value is -1.04. The Kier molecular flexibility index (Phi) is 6.05. The van der Waals surface area contributed by atoms with Crippen LogP contribution in [-0.4, -0.2) is 21.8 Å². The number of aromatic nitrogens is 1.